The third kappa shape index (κ3) is 42.6. The molecule has 0 radical (unpaired) electrons. The molecule has 6 atom stereocenters. The Kier molecular flexibility index (Phi) is 46.5. The molecule has 0 aromatic carbocycles. The second-order valence-corrected chi connectivity index (χ2v) is 22.9. The van der Waals surface area contributed by atoms with Gasteiger partial charge in [-0.25, -0.2) is 0 Å². The molecular weight excluding hydrogens is 933 g/mol. The van der Waals surface area contributed by atoms with Gasteiger partial charge < -0.3 is 34.3 Å². The van der Waals surface area contributed by atoms with Crippen molar-refractivity contribution >= 4 is 22.1 Å². The number of allylic oxidation sites excluding steroid dienone is 2. The molecule has 6 unspecified atom stereocenters. The summed E-state index contributed by atoms with van der Waals surface area (Å²) in [6, 6.07) is 0. The summed E-state index contributed by atoms with van der Waals surface area (Å²) in [5.74, 6) is -1.96. The van der Waals surface area contributed by atoms with Crippen molar-refractivity contribution in [3.8, 4) is 0 Å². The lowest BCUT2D eigenvalue weighted by atomic mass is 10.00. The average molecular weight is 1050 g/mol. The Morgan fingerprint density at radius 3 is 1.15 bits per heavy atom. The van der Waals surface area contributed by atoms with Crippen LogP contribution in [-0.2, 0) is 38.7 Å². The highest BCUT2D eigenvalue weighted by atomic mass is 32.2. The van der Waals surface area contributed by atoms with Crippen LogP contribution in [0.4, 0.5) is 0 Å². The Morgan fingerprint density at radius 2 is 0.792 bits per heavy atom. The van der Waals surface area contributed by atoms with Crippen LogP contribution in [0.3, 0.4) is 0 Å². The lowest BCUT2D eigenvalue weighted by molar-refractivity contribution is -0.297. The molecule has 1 saturated heterocycles. The predicted octanol–water partition coefficient (Wildman–Crippen LogP) is 14.9. The zero-order valence-corrected chi connectivity index (χ0v) is 47.1. The highest BCUT2D eigenvalue weighted by molar-refractivity contribution is 7.85. The van der Waals surface area contributed by atoms with Gasteiger partial charge in [0.1, 0.15) is 36.8 Å². The quantitative estimate of drug-likeness (QED) is 0.0196. The predicted molar refractivity (Wildman–Crippen MR) is 294 cm³/mol. The number of esters is 2. The van der Waals surface area contributed by atoms with E-state index in [1.165, 1.54) is 218 Å². The van der Waals surface area contributed by atoms with Crippen LogP contribution in [-0.4, -0.2) is 96.0 Å². The molecule has 72 heavy (non-hydrogen) atoms. The second kappa shape index (κ2) is 49.0. The summed E-state index contributed by atoms with van der Waals surface area (Å²) in [5.41, 5.74) is 0. The Bertz CT molecular complexity index is 1360. The normalized spacial score (nSPS) is 18.8. The van der Waals surface area contributed by atoms with Crippen LogP contribution in [0.15, 0.2) is 12.2 Å². The molecular formula is C59H112O12S. The van der Waals surface area contributed by atoms with Gasteiger partial charge in [-0.3, -0.25) is 14.1 Å². The molecule has 0 aromatic rings. The monoisotopic (exact) mass is 1040 g/mol. The van der Waals surface area contributed by atoms with Gasteiger partial charge in [0, 0.05) is 12.8 Å². The highest BCUT2D eigenvalue weighted by Crippen LogP contribution is 2.24. The zero-order chi connectivity index (χ0) is 52.6. The first kappa shape index (κ1) is 68.4. The summed E-state index contributed by atoms with van der Waals surface area (Å²) >= 11 is 0. The molecule has 0 saturated carbocycles. The van der Waals surface area contributed by atoms with E-state index in [0.717, 1.165) is 38.5 Å². The molecule has 1 aliphatic heterocycles. The number of hydrogen-bond donors (Lipinski definition) is 4. The fourth-order valence-corrected chi connectivity index (χ4v) is 10.4. The van der Waals surface area contributed by atoms with Crippen molar-refractivity contribution in [3.63, 3.8) is 0 Å². The van der Waals surface area contributed by atoms with Crippen LogP contribution in [0.2, 0.25) is 0 Å². The van der Waals surface area contributed by atoms with Crippen molar-refractivity contribution in [1.82, 2.24) is 0 Å². The number of aliphatic hydroxyl groups is 3. The average Bonchev–Trinajstić information content (AvgIpc) is 3.35. The van der Waals surface area contributed by atoms with E-state index in [2.05, 4.69) is 26.0 Å². The molecule has 1 heterocycles. The Hall–Kier alpha value is -1.61. The summed E-state index contributed by atoms with van der Waals surface area (Å²) < 4.78 is 54.5. The van der Waals surface area contributed by atoms with Crippen molar-refractivity contribution in [2.45, 2.75) is 333 Å². The summed E-state index contributed by atoms with van der Waals surface area (Å²) in [5, 5.41) is 31.1. The maximum absolute atomic E-state index is 12.9. The third-order valence-corrected chi connectivity index (χ3v) is 15.1. The second-order valence-electron chi connectivity index (χ2n) is 21.4. The van der Waals surface area contributed by atoms with E-state index in [4.69, 9.17) is 18.9 Å². The van der Waals surface area contributed by atoms with Crippen molar-refractivity contribution in [2.75, 3.05) is 19.0 Å². The third-order valence-electron chi connectivity index (χ3n) is 14.3. The molecule has 13 heteroatoms. The molecule has 1 fully saturated rings. The van der Waals surface area contributed by atoms with E-state index in [1.807, 2.05) is 0 Å². The first-order valence-corrected chi connectivity index (χ1v) is 31.9. The van der Waals surface area contributed by atoms with Crippen LogP contribution in [0.1, 0.15) is 296 Å². The first-order valence-electron chi connectivity index (χ1n) is 30.2. The molecule has 0 aliphatic carbocycles. The van der Waals surface area contributed by atoms with E-state index in [9.17, 15) is 37.9 Å². The summed E-state index contributed by atoms with van der Waals surface area (Å²) in [7, 11) is -4.61. The molecule has 0 amide bonds. The lowest BCUT2D eigenvalue weighted by Gasteiger charge is -2.40. The van der Waals surface area contributed by atoms with E-state index in [-0.39, 0.29) is 19.4 Å². The molecule has 0 aromatic heterocycles. The number of aliphatic hydroxyl groups excluding tert-OH is 3. The van der Waals surface area contributed by atoms with Crippen LogP contribution < -0.4 is 0 Å². The van der Waals surface area contributed by atoms with Gasteiger partial charge in [-0.05, 0) is 38.5 Å². The van der Waals surface area contributed by atoms with E-state index in [1.54, 1.807) is 0 Å². The maximum atomic E-state index is 12.9. The number of ether oxygens (including phenoxy) is 4. The van der Waals surface area contributed by atoms with Gasteiger partial charge in [0.15, 0.2) is 12.4 Å². The number of carbonyl (C=O) groups excluding carboxylic acids is 2. The molecule has 4 N–H and O–H groups in total. The number of carbonyl (C=O) groups is 2. The van der Waals surface area contributed by atoms with Crippen LogP contribution >= 0.6 is 0 Å². The number of hydrogen-bond acceptors (Lipinski definition) is 11. The fraction of sp³-hybridized carbons (Fsp3) is 0.932. The molecule has 0 bridgehead atoms. The van der Waals surface area contributed by atoms with Crippen molar-refractivity contribution < 1.29 is 56.8 Å². The van der Waals surface area contributed by atoms with Crippen molar-refractivity contribution in [2.24, 2.45) is 0 Å². The van der Waals surface area contributed by atoms with E-state index >= 15 is 0 Å². The van der Waals surface area contributed by atoms with Gasteiger partial charge in [0.25, 0.3) is 10.1 Å². The topological polar surface area (TPSA) is 186 Å². The Morgan fingerprint density at radius 1 is 0.458 bits per heavy atom. The lowest BCUT2D eigenvalue weighted by Crippen LogP contribution is -2.60. The van der Waals surface area contributed by atoms with E-state index < -0.39 is 71.2 Å². The minimum absolute atomic E-state index is 0.169. The molecule has 1 aliphatic rings. The molecule has 0 spiro atoms. The van der Waals surface area contributed by atoms with Crippen molar-refractivity contribution in [1.29, 1.82) is 0 Å². The molecule has 426 valence electrons. The number of unbranched alkanes of at least 4 members (excludes halogenated alkanes) is 39. The standard InChI is InChI=1S/C59H112O12S/c1-3-5-7-9-11-13-15-17-19-21-23-25-26-28-30-32-34-36-38-40-42-44-46-48-55(61)70-52(50-69-59-58(64)57(63)56(62)53(71-59)51-72(65,66)67)49-68-54(60)47-45-43-41-39-37-35-33-31-29-27-24-22-20-18-16-14-12-10-8-6-4-2/h21,23,52-53,56-59,62-64H,3-20,22,24-51H2,1-2H3,(H,65,66,67)/b23-21-. The van der Waals surface area contributed by atoms with Gasteiger partial charge in [-0.15, -0.1) is 0 Å². The SMILES string of the molecule is CCCCCCCCCC/C=C\CCCCCCCCCCCCCC(=O)OC(COC(=O)CCCCCCCCCCCCCCCCCCCCCCC)COC1OC(CS(=O)(=O)O)C(O)C(O)C1O. The minimum Gasteiger partial charge on any atom is -0.462 e. The fourth-order valence-electron chi connectivity index (χ4n) is 9.68. The molecule has 1 rings (SSSR count). The minimum atomic E-state index is -4.61. The van der Waals surface area contributed by atoms with Gasteiger partial charge in [-0.2, -0.15) is 8.42 Å². The highest BCUT2D eigenvalue weighted by Gasteiger charge is 2.46. The molecule has 12 nitrogen and oxygen atoms in total. The largest absolute Gasteiger partial charge is 0.462 e. The maximum Gasteiger partial charge on any atom is 0.306 e. The van der Waals surface area contributed by atoms with Crippen LogP contribution in [0, 0.1) is 0 Å². The summed E-state index contributed by atoms with van der Waals surface area (Å²) in [6.45, 7) is 3.83. The van der Waals surface area contributed by atoms with E-state index in [0.29, 0.717) is 12.8 Å². The van der Waals surface area contributed by atoms with Crippen LogP contribution in [0.5, 0.6) is 0 Å². The summed E-state index contributed by atoms with van der Waals surface area (Å²) in [4.78, 5) is 25.7. The number of rotatable bonds is 53. The van der Waals surface area contributed by atoms with Crippen LogP contribution in [0.25, 0.3) is 0 Å². The van der Waals surface area contributed by atoms with Gasteiger partial charge in [0.2, 0.25) is 0 Å². The smallest absolute Gasteiger partial charge is 0.306 e. The first-order chi connectivity index (χ1) is 35.0. The van der Waals surface area contributed by atoms with Gasteiger partial charge in [-0.1, -0.05) is 257 Å². The van der Waals surface area contributed by atoms with Gasteiger partial charge >= 0.3 is 11.9 Å². The Labute approximate surface area is 441 Å². The summed E-state index contributed by atoms with van der Waals surface area (Å²) in [6.07, 6.45) is 48.3. The Balaban J connectivity index is 2.27. The van der Waals surface area contributed by atoms with Gasteiger partial charge in [0.05, 0.1) is 6.61 Å². The van der Waals surface area contributed by atoms with Crippen molar-refractivity contribution in [3.05, 3.63) is 12.2 Å². The zero-order valence-electron chi connectivity index (χ0n) is 46.3.